The molecular weight excluding hydrogens is 438 g/mol. The van der Waals surface area contributed by atoms with Crippen LogP contribution in [0.3, 0.4) is 0 Å². The number of carbonyl (C=O) groups excluding carboxylic acids is 1. The number of hydrogen-bond acceptors (Lipinski definition) is 6. The van der Waals surface area contributed by atoms with Crippen molar-refractivity contribution in [2.24, 2.45) is 0 Å². The van der Waals surface area contributed by atoms with Crippen molar-refractivity contribution in [3.05, 3.63) is 57.5 Å². The lowest BCUT2D eigenvalue weighted by atomic mass is 10.2. The van der Waals surface area contributed by atoms with Crippen molar-refractivity contribution in [3.63, 3.8) is 0 Å². The molecule has 4 rings (SSSR count). The Morgan fingerprint density at radius 2 is 2.00 bits per heavy atom. The van der Waals surface area contributed by atoms with Gasteiger partial charge in [-0.1, -0.05) is 35.5 Å². The van der Waals surface area contributed by atoms with Crippen molar-refractivity contribution < 1.29 is 4.79 Å². The molecule has 0 N–H and O–H groups in total. The number of thiophene rings is 1. The lowest BCUT2D eigenvalue weighted by molar-refractivity contribution is -0.128. The van der Waals surface area contributed by atoms with E-state index in [4.69, 9.17) is 11.6 Å². The van der Waals surface area contributed by atoms with Crippen LogP contribution < -0.4 is 4.90 Å². The molecule has 0 saturated carbocycles. The highest BCUT2D eigenvalue weighted by atomic mass is 35.5. The molecule has 3 aromatic rings. The Morgan fingerprint density at radius 1 is 1.17 bits per heavy atom. The van der Waals surface area contributed by atoms with E-state index in [2.05, 4.69) is 43.2 Å². The molecule has 1 amide bonds. The van der Waals surface area contributed by atoms with Crippen molar-refractivity contribution in [2.75, 3.05) is 36.8 Å². The quantitative estimate of drug-likeness (QED) is 0.498. The number of anilines is 1. The minimum atomic E-state index is 0.149. The van der Waals surface area contributed by atoms with Gasteiger partial charge in [0.25, 0.3) is 0 Å². The summed E-state index contributed by atoms with van der Waals surface area (Å²) < 4.78 is 2.11. The first-order valence-corrected chi connectivity index (χ1v) is 12.2. The summed E-state index contributed by atoms with van der Waals surface area (Å²) in [6.45, 7) is 5.85. The molecule has 9 heteroatoms. The smallest absolute Gasteiger partial charge is 0.233 e. The molecule has 1 saturated heterocycles. The maximum absolute atomic E-state index is 12.7. The van der Waals surface area contributed by atoms with Crippen LogP contribution in [0.4, 0.5) is 5.69 Å². The molecule has 1 fully saturated rings. The van der Waals surface area contributed by atoms with E-state index >= 15 is 0 Å². The molecule has 1 aliphatic heterocycles. The van der Waals surface area contributed by atoms with E-state index < -0.39 is 0 Å². The number of thioether (sulfide) groups is 1. The van der Waals surface area contributed by atoms with Gasteiger partial charge in [0, 0.05) is 48.3 Å². The van der Waals surface area contributed by atoms with Gasteiger partial charge in [0.15, 0.2) is 5.16 Å². The molecule has 0 spiro atoms. The van der Waals surface area contributed by atoms with E-state index in [0.29, 0.717) is 5.75 Å². The van der Waals surface area contributed by atoms with Gasteiger partial charge in [-0.2, -0.15) is 0 Å². The maximum atomic E-state index is 12.7. The molecule has 3 heterocycles. The first-order chi connectivity index (χ1) is 14.6. The fourth-order valence-electron chi connectivity index (χ4n) is 3.51. The third-order valence-corrected chi connectivity index (χ3v) is 7.32. The second-order valence-corrected chi connectivity index (χ2v) is 9.56. The van der Waals surface area contributed by atoms with Crippen molar-refractivity contribution in [3.8, 4) is 0 Å². The summed E-state index contributed by atoms with van der Waals surface area (Å²) >= 11 is 9.34. The zero-order valence-electron chi connectivity index (χ0n) is 16.8. The molecule has 0 aliphatic carbocycles. The van der Waals surface area contributed by atoms with Gasteiger partial charge in [-0.3, -0.25) is 4.79 Å². The molecule has 6 nitrogen and oxygen atoms in total. The van der Waals surface area contributed by atoms with Gasteiger partial charge in [-0.25, -0.2) is 0 Å². The largest absolute Gasteiger partial charge is 0.368 e. The highest BCUT2D eigenvalue weighted by Gasteiger charge is 2.22. The molecule has 2 aromatic heterocycles. The minimum absolute atomic E-state index is 0.149. The lowest BCUT2D eigenvalue weighted by Gasteiger charge is -2.36. The number of aromatic nitrogens is 3. The van der Waals surface area contributed by atoms with Gasteiger partial charge < -0.3 is 14.4 Å². The summed E-state index contributed by atoms with van der Waals surface area (Å²) in [5.41, 5.74) is 1.11. The maximum Gasteiger partial charge on any atom is 0.233 e. The predicted octanol–water partition coefficient (Wildman–Crippen LogP) is 3.99. The average Bonchev–Trinajstić information content (AvgIpc) is 3.40. The first-order valence-electron chi connectivity index (χ1n) is 9.93. The Balaban J connectivity index is 1.28. The van der Waals surface area contributed by atoms with Crippen molar-refractivity contribution in [1.82, 2.24) is 19.7 Å². The Bertz CT molecular complexity index is 983. The SMILES string of the molecule is Cc1nnc(SCC(=O)N2CCN(c3cccc(Cl)c3)CC2)n1CCc1cccs1. The molecule has 0 bridgehead atoms. The van der Waals surface area contributed by atoms with E-state index in [-0.39, 0.29) is 5.91 Å². The number of rotatable bonds is 7. The van der Waals surface area contributed by atoms with Crippen LogP contribution in [0.5, 0.6) is 0 Å². The Hall–Kier alpha value is -2.03. The zero-order valence-corrected chi connectivity index (χ0v) is 19.2. The normalized spacial score (nSPS) is 14.3. The van der Waals surface area contributed by atoms with Crippen LogP contribution >= 0.6 is 34.7 Å². The summed E-state index contributed by atoms with van der Waals surface area (Å²) in [7, 11) is 0. The summed E-state index contributed by atoms with van der Waals surface area (Å²) in [4.78, 5) is 18.3. The van der Waals surface area contributed by atoms with Gasteiger partial charge in [0.05, 0.1) is 5.75 Å². The van der Waals surface area contributed by atoms with Crippen molar-refractivity contribution >= 4 is 46.3 Å². The topological polar surface area (TPSA) is 54.3 Å². The van der Waals surface area contributed by atoms with Crippen LogP contribution in [0.15, 0.2) is 46.9 Å². The summed E-state index contributed by atoms with van der Waals surface area (Å²) in [6, 6.07) is 12.1. The molecule has 0 atom stereocenters. The summed E-state index contributed by atoms with van der Waals surface area (Å²) in [5, 5.41) is 12.1. The Labute approximate surface area is 189 Å². The van der Waals surface area contributed by atoms with E-state index in [1.165, 1.54) is 16.6 Å². The molecule has 0 unspecified atom stereocenters. The number of amides is 1. The van der Waals surface area contributed by atoms with Gasteiger partial charge in [-0.15, -0.1) is 21.5 Å². The highest BCUT2D eigenvalue weighted by molar-refractivity contribution is 7.99. The number of nitrogens with zero attached hydrogens (tertiary/aromatic N) is 5. The third-order valence-electron chi connectivity index (χ3n) is 5.19. The van der Waals surface area contributed by atoms with Crippen LogP contribution in [-0.2, 0) is 17.8 Å². The zero-order chi connectivity index (χ0) is 20.9. The number of carbonyl (C=O) groups is 1. The number of piperazine rings is 1. The number of hydrogen-bond donors (Lipinski definition) is 0. The van der Waals surface area contributed by atoms with E-state index in [1.807, 2.05) is 30.0 Å². The van der Waals surface area contributed by atoms with Crippen LogP contribution in [-0.4, -0.2) is 57.5 Å². The molecule has 1 aromatic carbocycles. The van der Waals surface area contributed by atoms with Crippen LogP contribution in [0.1, 0.15) is 10.7 Å². The standard InChI is InChI=1S/C21H24ClN5OS2/c1-16-23-24-21(27(16)8-7-19-6-3-13-29-19)30-15-20(28)26-11-9-25(10-12-26)18-5-2-4-17(22)14-18/h2-6,13-14H,7-12,15H2,1H3. The summed E-state index contributed by atoms with van der Waals surface area (Å²) in [5.74, 6) is 1.42. The fourth-order valence-corrected chi connectivity index (χ4v) is 5.30. The Morgan fingerprint density at radius 3 is 2.73 bits per heavy atom. The number of aryl methyl sites for hydroxylation is 2. The Kier molecular flexibility index (Phi) is 6.97. The molecule has 158 valence electrons. The lowest BCUT2D eigenvalue weighted by Crippen LogP contribution is -2.49. The predicted molar refractivity (Wildman–Crippen MR) is 124 cm³/mol. The van der Waals surface area contributed by atoms with Gasteiger partial charge in [-0.05, 0) is 43.0 Å². The van der Waals surface area contributed by atoms with Gasteiger partial charge in [0.2, 0.25) is 5.91 Å². The second kappa shape index (κ2) is 9.85. The number of halogens is 1. The molecule has 1 aliphatic rings. The van der Waals surface area contributed by atoms with Gasteiger partial charge >= 0.3 is 0 Å². The second-order valence-electron chi connectivity index (χ2n) is 7.15. The first kappa shape index (κ1) is 21.2. The number of benzene rings is 1. The monoisotopic (exact) mass is 461 g/mol. The van der Waals surface area contributed by atoms with Crippen molar-refractivity contribution in [2.45, 2.75) is 25.0 Å². The van der Waals surface area contributed by atoms with E-state index in [1.54, 1.807) is 11.3 Å². The average molecular weight is 462 g/mol. The minimum Gasteiger partial charge on any atom is -0.368 e. The fraction of sp³-hybridized carbons (Fsp3) is 0.381. The van der Waals surface area contributed by atoms with Crippen LogP contribution in [0.2, 0.25) is 5.02 Å². The van der Waals surface area contributed by atoms with E-state index in [9.17, 15) is 4.79 Å². The summed E-state index contributed by atoms with van der Waals surface area (Å²) in [6.07, 6.45) is 0.948. The molecular formula is C21H24ClN5OS2. The van der Waals surface area contributed by atoms with E-state index in [0.717, 1.165) is 60.8 Å². The molecule has 30 heavy (non-hydrogen) atoms. The van der Waals surface area contributed by atoms with Crippen LogP contribution in [0.25, 0.3) is 0 Å². The van der Waals surface area contributed by atoms with Crippen LogP contribution in [0, 0.1) is 6.92 Å². The van der Waals surface area contributed by atoms with Gasteiger partial charge in [0.1, 0.15) is 5.82 Å². The van der Waals surface area contributed by atoms with Crippen molar-refractivity contribution in [1.29, 1.82) is 0 Å². The third kappa shape index (κ3) is 5.17. The highest BCUT2D eigenvalue weighted by Crippen LogP contribution is 2.22. The molecule has 0 radical (unpaired) electrons.